The Kier molecular flexibility index (Phi) is 5.66. The highest BCUT2D eigenvalue weighted by atomic mass is 16.4. The van der Waals surface area contributed by atoms with Crippen LogP contribution in [0, 0.1) is 6.92 Å². The molecular weight excluding hydrogens is 274 g/mol. The molecule has 0 spiro atoms. The van der Waals surface area contributed by atoms with Crippen molar-refractivity contribution in [1.29, 1.82) is 0 Å². The van der Waals surface area contributed by atoms with Crippen LogP contribution in [0.3, 0.4) is 0 Å². The normalized spacial score (nSPS) is 13.4. The number of carbonyl (C=O) groups excluding carboxylic acids is 1. The fourth-order valence-electron chi connectivity index (χ4n) is 1.89. The summed E-state index contributed by atoms with van der Waals surface area (Å²) in [5, 5.41) is 17.2. The lowest BCUT2D eigenvalue weighted by molar-refractivity contribution is -0.125. The number of likely N-dealkylation sites (tertiary alicyclic amines) is 1. The van der Waals surface area contributed by atoms with Gasteiger partial charge in [0, 0.05) is 13.0 Å². The molecule has 0 atom stereocenters. The molecule has 21 heavy (non-hydrogen) atoms. The van der Waals surface area contributed by atoms with Crippen LogP contribution in [0.15, 0.2) is 31.0 Å². The van der Waals surface area contributed by atoms with Gasteiger partial charge in [0.15, 0.2) is 0 Å². The topological polar surface area (TPSA) is 94.9 Å². The number of carboxylic acid groups (broad SMARTS) is 2. The van der Waals surface area contributed by atoms with Gasteiger partial charge >= 0.3 is 11.9 Å². The molecule has 1 aromatic carbocycles. The highest BCUT2D eigenvalue weighted by Crippen LogP contribution is 2.10. The van der Waals surface area contributed by atoms with Crippen molar-refractivity contribution in [2.24, 2.45) is 0 Å². The molecule has 6 heteroatoms. The second-order valence-electron chi connectivity index (χ2n) is 4.57. The molecule has 6 nitrogen and oxygen atoms in total. The number of rotatable bonds is 3. The second-order valence-corrected chi connectivity index (χ2v) is 4.57. The van der Waals surface area contributed by atoms with Gasteiger partial charge in [-0.3, -0.25) is 4.79 Å². The molecule has 112 valence electrons. The Morgan fingerprint density at radius 3 is 2.00 bits per heavy atom. The van der Waals surface area contributed by atoms with Gasteiger partial charge in [-0.15, -0.1) is 0 Å². The summed E-state index contributed by atoms with van der Waals surface area (Å²) < 4.78 is 0. The molecule has 2 rings (SSSR count). The van der Waals surface area contributed by atoms with Crippen LogP contribution in [0.2, 0.25) is 0 Å². The van der Waals surface area contributed by atoms with Crippen molar-refractivity contribution in [2.75, 3.05) is 6.54 Å². The molecule has 0 saturated carbocycles. The summed E-state index contributed by atoms with van der Waals surface area (Å²) in [5.74, 6) is -2.03. The summed E-state index contributed by atoms with van der Waals surface area (Å²) in [5.41, 5.74) is 0.618. The molecule has 2 N–H and O–H groups in total. The molecule has 0 aliphatic carbocycles. The third kappa shape index (κ3) is 4.76. The molecule has 1 aromatic rings. The van der Waals surface area contributed by atoms with Crippen LogP contribution in [-0.4, -0.2) is 39.5 Å². The van der Waals surface area contributed by atoms with Crippen molar-refractivity contribution in [3.63, 3.8) is 0 Å². The predicted molar refractivity (Wildman–Crippen MR) is 76.2 cm³/mol. The first-order valence-corrected chi connectivity index (χ1v) is 6.35. The fraction of sp³-hybridized carbons (Fsp3) is 0.267. The molecule has 1 fully saturated rings. The number of aromatic carboxylic acids is 2. The van der Waals surface area contributed by atoms with Crippen LogP contribution in [0.25, 0.3) is 0 Å². The number of nitrogens with zero attached hydrogens (tertiary/aromatic N) is 1. The predicted octanol–water partition coefficient (Wildman–Crippen LogP) is 2.14. The summed E-state index contributed by atoms with van der Waals surface area (Å²) in [6.07, 6.45) is 3.28. The first kappa shape index (κ1) is 16.4. The van der Waals surface area contributed by atoms with E-state index < -0.39 is 11.9 Å². The average Bonchev–Trinajstić information content (AvgIpc) is 2.84. The van der Waals surface area contributed by atoms with Crippen LogP contribution in [0.4, 0.5) is 0 Å². The molecule has 1 saturated heterocycles. The monoisotopic (exact) mass is 291 g/mol. The molecule has 1 heterocycles. The molecule has 1 amide bonds. The summed E-state index contributed by atoms with van der Waals surface area (Å²) in [6.45, 7) is 6.01. The van der Waals surface area contributed by atoms with Crippen LogP contribution >= 0.6 is 0 Å². The van der Waals surface area contributed by atoms with E-state index in [4.69, 9.17) is 10.2 Å². The van der Waals surface area contributed by atoms with E-state index >= 15 is 0 Å². The third-order valence-electron chi connectivity index (χ3n) is 2.90. The lowest BCUT2D eigenvalue weighted by Crippen LogP contribution is -2.16. The van der Waals surface area contributed by atoms with Crippen molar-refractivity contribution in [1.82, 2.24) is 4.90 Å². The number of hydrogen-bond acceptors (Lipinski definition) is 3. The van der Waals surface area contributed by atoms with Crippen LogP contribution in [0.5, 0.6) is 0 Å². The summed E-state index contributed by atoms with van der Waals surface area (Å²) in [7, 11) is 0. The smallest absolute Gasteiger partial charge is 0.335 e. The van der Waals surface area contributed by atoms with Gasteiger partial charge in [0.25, 0.3) is 0 Å². The van der Waals surface area contributed by atoms with E-state index in [0.29, 0.717) is 12.0 Å². The zero-order valence-electron chi connectivity index (χ0n) is 11.7. The quantitative estimate of drug-likeness (QED) is 0.889. The Balaban J connectivity index is 0.000000235. The second kappa shape index (κ2) is 7.23. The van der Waals surface area contributed by atoms with Crippen LogP contribution in [0.1, 0.15) is 39.1 Å². The number of carboxylic acids is 2. The van der Waals surface area contributed by atoms with Crippen molar-refractivity contribution in [3.8, 4) is 0 Å². The molecule has 0 aromatic heterocycles. The Hall–Kier alpha value is -2.63. The largest absolute Gasteiger partial charge is 0.478 e. The number of aryl methyl sites for hydroxylation is 1. The highest BCUT2D eigenvalue weighted by molar-refractivity contribution is 5.94. The Morgan fingerprint density at radius 2 is 1.71 bits per heavy atom. The van der Waals surface area contributed by atoms with Gasteiger partial charge in [-0.25, -0.2) is 9.59 Å². The minimum absolute atomic E-state index is 0.00241. The Bertz CT molecular complexity index is 547. The van der Waals surface area contributed by atoms with Crippen molar-refractivity contribution in [2.45, 2.75) is 19.8 Å². The van der Waals surface area contributed by atoms with E-state index in [1.807, 2.05) is 0 Å². The van der Waals surface area contributed by atoms with Gasteiger partial charge in [-0.05, 0) is 43.3 Å². The van der Waals surface area contributed by atoms with E-state index in [0.717, 1.165) is 19.0 Å². The van der Waals surface area contributed by atoms with Gasteiger partial charge in [-0.1, -0.05) is 6.58 Å². The Morgan fingerprint density at radius 1 is 1.19 bits per heavy atom. The van der Waals surface area contributed by atoms with E-state index in [1.165, 1.54) is 12.1 Å². The summed E-state index contributed by atoms with van der Waals surface area (Å²) >= 11 is 0. The zero-order valence-corrected chi connectivity index (χ0v) is 11.7. The maximum Gasteiger partial charge on any atom is 0.335 e. The van der Waals surface area contributed by atoms with Crippen LogP contribution < -0.4 is 0 Å². The van der Waals surface area contributed by atoms with Gasteiger partial charge in [0.2, 0.25) is 5.91 Å². The SMILES string of the molecule is C=CN1CCCC1=O.Cc1cc(C(=O)O)cc(C(=O)O)c1. The maximum atomic E-state index is 10.7. The minimum Gasteiger partial charge on any atom is -0.478 e. The van der Waals surface area contributed by atoms with Gasteiger partial charge in [-0.2, -0.15) is 0 Å². The third-order valence-corrected chi connectivity index (χ3v) is 2.90. The minimum atomic E-state index is -1.12. The molecule has 0 bridgehead atoms. The van der Waals surface area contributed by atoms with E-state index in [-0.39, 0.29) is 17.0 Å². The van der Waals surface area contributed by atoms with Gasteiger partial charge < -0.3 is 15.1 Å². The first-order valence-electron chi connectivity index (χ1n) is 6.35. The zero-order chi connectivity index (χ0) is 16.0. The average molecular weight is 291 g/mol. The molecule has 1 aliphatic rings. The lowest BCUT2D eigenvalue weighted by atomic mass is 10.1. The van der Waals surface area contributed by atoms with Crippen molar-refractivity contribution < 1.29 is 24.6 Å². The number of benzene rings is 1. The number of amides is 1. The summed E-state index contributed by atoms with van der Waals surface area (Å²) in [6, 6.07) is 3.99. The molecule has 0 radical (unpaired) electrons. The number of carbonyl (C=O) groups is 3. The molecule has 1 aliphatic heterocycles. The molecule has 0 unspecified atom stereocenters. The lowest BCUT2D eigenvalue weighted by Gasteiger charge is -2.05. The van der Waals surface area contributed by atoms with E-state index in [1.54, 1.807) is 18.0 Å². The first-order chi connectivity index (χ1) is 9.85. The van der Waals surface area contributed by atoms with Gasteiger partial charge in [0.1, 0.15) is 0 Å². The van der Waals surface area contributed by atoms with E-state index in [9.17, 15) is 14.4 Å². The van der Waals surface area contributed by atoms with Gasteiger partial charge in [0.05, 0.1) is 11.1 Å². The highest BCUT2D eigenvalue weighted by Gasteiger charge is 2.16. The fourth-order valence-corrected chi connectivity index (χ4v) is 1.89. The maximum absolute atomic E-state index is 10.7. The van der Waals surface area contributed by atoms with E-state index in [2.05, 4.69) is 6.58 Å². The number of hydrogen-bond donors (Lipinski definition) is 2. The van der Waals surface area contributed by atoms with Crippen molar-refractivity contribution >= 4 is 17.8 Å². The standard InChI is InChI=1S/C9H8O4.C6H9NO/c1-5-2-6(8(10)11)4-7(3-5)9(12)13;1-2-7-5-3-4-6(7)8/h2-4H,1H3,(H,10,11)(H,12,13);2H,1,3-5H2. The summed E-state index contributed by atoms with van der Waals surface area (Å²) in [4.78, 5) is 33.4. The molecular formula is C15H17NO5. The van der Waals surface area contributed by atoms with Crippen molar-refractivity contribution in [3.05, 3.63) is 47.7 Å². The Labute approximate surface area is 122 Å². The van der Waals surface area contributed by atoms with Crippen LogP contribution in [-0.2, 0) is 4.79 Å².